The van der Waals surface area contributed by atoms with Gasteiger partial charge in [0.05, 0.1) is 24.2 Å². The summed E-state index contributed by atoms with van der Waals surface area (Å²) in [5.74, 6) is -1.12. The van der Waals surface area contributed by atoms with Gasteiger partial charge in [0.15, 0.2) is 0 Å². The van der Waals surface area contributed by atoms with Crippen LogP contribution in [0.3, 0.4) is 0 Å². The first-order valence-corrected chi connectivity index (χ1v) is 7.03. The van der Waals surface area contributed by atoms with Crippen LogP contribution in [0.5, 0.6) is 0 Å². The van der Waals surface area contributed by atoms with Crippen molar-refractivity contribution in [2.24, 2.45) is 5.10 Å². The van der Waals surface area contributed by atoms with E-state index in [1.807, 2.05) is 0 Å². The number of fused-ring (bicyclic) bond motifs is 1. The van der Waals surface area contributed by atoms with E-state index in [4.69, 9.17) is 0 Å². The number of amides is 1. The number of nitrogens with one attached hydrogen (secondary N) is 1. The summed E-state index contributed by atoms with van der Waals surface area (Å²) < 4.78 is 17.2. The number of aromatic nitrogens is 6. The van der Waals surface area contributed by atoms with Crippen LogP contribution in [-0.2, 0) is 17.9 Å². The van der Waals surface area contributed by atoms with Gasteiger partial charge in [-0.05, 0) is 13.0 Å². The molecular weight excluding hydrogens is 319 g/mol. The van der Waals surface area contributed by atoms with Gasteiger partial charge >= 0.3 is 0 Å². The van der Waals surface area contributed by atoms with Gasteiger partial charge in [-0.3, -0.25) is 9.59 Å². The summed E-state index contributed by atoms with van der Waals surface area (Å²) in [6.07, 6.45) is 5.22. The summed E-state index contributed by atoms with van der Waals surface area (Å²) in [6, 6.07) is 1.52. The molecule has 10 nitrogen and oxygen atoms in total. The number of carbonyl (C=O) groups excluding carboxylic acids is 1. The Balaban J connectivity index is 1.66. The molecule has 0 fully saturated rings. The molecule has 3 aromatic heterocycles. The van der Waals surface area contributed by atoms with Gasteiger partial charge < -0.3 is 0 Å². The molecule has 0 unspecified atom stereocenters. The summed E-state index contributed by atoms with van der Waals surface area (Å²) in [5, 5.41) is 15.2. The van der Waals surface area contributed by atoms with Crippen LogP contribution >= 0.6 is 0 Å². The molecule has 1 amide bonds. The van der Waals surface area contributed by atoms with Crippen molar-refractivity contribution < 1.29 is 9.18 Å². The van der Waals surface area contributed by atoms with Crippen LogP contribution in [-0.4, -0.2) is 41.3 Å². The van der Waals surface area contributed by atoms with E-state index in [-0.39, 0.29) is 12.1 Å². The van der Waals surface area contributed by atoms with Crippen LogP contribution in [0.4, 0.5) is 4.39 Å². The van der Waals surface area contributed by atoms with E-state index in [1.54, 1.807) is 6.92 Å². The van der Waals surface area contributed by atoms with E-state index in [9.17, 15) is 14.0 Å². The Morgan fingerprint density at radius 1 is 1.38 bits per heavy atom. The number of hydrogen-bond acceptors (Lipinski definition) is 6. The SMILES string of the molecule is CCn1ncc(C=NNC(=O)Cn2ncn3nccc3c2=O)c1F. The number of carbonyl (C=O) groups is 1. The number of halogens is 1. The lowest BCUT2D eigenvalue weighted by Crippen LogP contribution is -2.32. The number of aryl methyl sites for hydroxylation is 1. The fraction of sp³-hybridized carbons (Fsp3) is 0.231. The molecule has 124 valence electrons. The molecule has 11 heteroatoms. The molecule has 1 N–H and O–H groups in total. The van der Waals surface area contributed by atoms with Crippen molar-refractivity contribution >= 4 is 17.6 Å². The van der Waals surface area contributed by atoms with Gasteiger partial charge in [-0.25, -0.2) is 19.3 Å². The van der Waals surface area contributed by atoms with Gasteiger partial charge in [0.2, 0.25) is 5.95 Å². The van der Waals surface area contributed by atoms with Gasteiger partial charge in [-0.2, -0.15) is 24.8 Å². The second-order valence-electron chi connectivity index (χ2n) is 4.75. The molecule has 0 saturated carbocycles. The van der Waals surface area contributed by atoms with Crippen LogP contribution in [0.1, 0.15) is 12.5 Å². The Bertz CT molecular complexity index is 970. The summed E-state index contributed by atoms with van der Waals surface area (Å²) in [4.78, 5) is 23.9. The minimum absolute atomic E-state index is 0.146. The fourth-order valence-corrected chi connectivity index (χ4v) is 2.02. The smallest absolute Gasteiger partial charge is 0.271 e. The maximum atomic E-state index is 13.7. The molecule has 0 aliphatic rings. The maximum absolute atomic E-state index is 13.7. The third-order valence-electron chi connectivity index (χ3n) is 3.21. The van der Waals surface area contributed by atoms with E-state index < -0.39 is 17.4 Å². The highest BCUT2D eigenvalue weighted by Crippen LogP contribution is 2.02. The molecule has 24 heavy (non-hydrogen) atoms. The predicted molar refractivity (Wildman–Crippen MR) is 80.8 cm³/mol. The topological polar surface area (TPSA) is 111 Å². The van der Waals surface area contributed by atoms with Crippen LogP contribution in [0.15, 0.2) is 34.7 Å². The van der Waals surface area contributed by atoms with E-state index in [0.29, 0.717) is 12.1 Å². The van der Waals surface area contributed by atoms with E-state index in [2.05, 4.69) is 25.8 Å². The van der Waals surface area contributed by atoms with Crippen molar-refractivity contribution in [3.05, 3.63) is 46.7 Å². The molecule has 0 bridgehead atoms. The first kappa shape index (κ1) is 15.5. The molecular formula is C13H13FN8O2. The van der Waals surface area contributed by atoms with Crippen LogP contribution < -0.4 is 11.0 Å². The number of nitrogens with zero attached hydrogens (tertiary/aromatic N) is 7. The number of hydrogen-bond donors (Lipinski definition) is 1. The highest BCUT2D eigenvalue weighted by molar-refractivity contribution is 5.82. The molecule has 0 aliphatic carbocycles. The van der Waals surface area contributed by atoms with Gasteiger partial charge in [-0.15, -0.1) is 0 Å². The number of hydrazone groups is 1. The minimum atomic E-state index is -0.576. The van der Waals surface area contributed by atoms with E-state index in [0.717, 1.165) is 15.6 Å². The highest BCUT2D eigenvalue weighted by Gasteiger charge is 2.09. The Morgan fingerprint density at radius 3 is 2.96 bits per heavy atom. The largest absolute Gasteiger partial charge is 0.293 e. The summed E-state index contributed by atoms with van der Waals surface area (Å²) in [7, 11) is 0. The Hall–Kier alpha value is -3.37. The lowest BCUT2D eigenvalue weighted by atomic mass is 10.4. The highest BCUT2D eigenvalue weighted by atomic mass is 19.1. The lowest BCUT2D eigenvalue weighted by molar-refractivity contribution is -0.121. The zero-order valence-corrected chi connectivity index (χ0v) is 12.6. The zero-order valence-electron chi connectivity index (χ0n) is 12.6. The summed E-state index contributed by atoms with van der Waals surface area (Å²) >= 11 is 0. The van der Waals surface area contributed by atoms with Gasteiger partial charge in [-0.1, -0.05) is 0 Å². The second kappa shape index (κ2) is 6.40. The molecule has 0 saturated heterocycles. The van der Waals surface area contributed by atoms with Crippen molar-refractivity contribution in [2.75, 3.05) is 0 Å². The Kier molecular flexibility index (Phi) is 4.14. The molecule has 0 aromatic carbocycles. The second-order valence-corrected chi connectivity index (χ2v) is 4.75. The fourth-order valence-electron chi connectivity index (χ4n) is 2.02. The van der Waals surface area contributed by atoms with Crippen LogP contribution in [0.25, 0.3) is 5.52 Å². The summed E-state index contributed by atoms with van der Waals surface area (Å²) in [5.41, 5.74) is 2.20. The first-order valence-electron chi connectivity index (χ1n) is 7.03. The third-order valence-corrected chi connectivity index (χ3v) is 3.21. The molecule has 3 heterocycles. The Labute approximate surface area is 134 Å². The average Bonchev–Trinajstić information content (AvgIpc) is 3.18. The van der Waals surface area contributed by atoms with E-state index >= 15 is 0 Å². The normalized spacial score (nSPS) is 11.4. The predicted octanol–water partition coefficient (Wildman–Crippen LogP) is -0.603. The molecule has 0 radical (unpaired) electrons. The monoisotopic (exact) mass is 332 g/mol. The molecule has 0 spiro atoms. The molecule has 0 aliphatic heterocycles. The number of rotatable bonds is 5. The van der Waals surface area contributed by atoms with Crippen LogP contribution in [0.2, 0.25) is 0 Å². The third kappa shape index (κ3) is 2.91. The minimum Gasteiger partial charge on any atom is -0.271 e. The zero-order chi connectivity index (χ0) is 17.1. The Morgan fingerprint density at radius 2 is 2.21 bits per heavy atom. The summed E-state index contributed by atoms with van der Waals surface area (Å²) in [6.45, 7) is 1.81. The van der Waals surface area contributed by atoms with Crippen molar-refractivity contribution in [3.63, 3.8) is 0 Å². The standard InChI is InChI=1S/C13H13FN8O2/c1-2-20-12(14)9(6-17-20)5-15-19-11(23)7-21-13(24)10-3-4-16-22(10)8-18-21/h3-6,8H,2,7H2,1H3,(H,19,23). The maximum Gasteiger partial charge on any atom is 0.293 e. The molecule has 3 rings (SSSR count). The van der Waals surface area contributed by atoms with Crippen molar-refractivity contribution in [1.82, 2.24) is 34.6 Å². The van der Waals surface area contributed by atoms with E-state index in [1.165, 1.54) is 29.3 Å². The van der Waals surface area contributed by atoms with Crippen molar-refractivity contribution in [3.8, 4) is 0 Å². The van der Waals surface area contributed by atoms with Crippen molar-refractivity contribution in [1.29, 1.82) is 0 Å². The van der Waals surface area contributed by atoms with Gasteiger partial charge in [0, 0.05) is 6.54 Å². The molecule has 0 atom stereocenters. The molecule has 3 aromatic rings. The van der Waals surface area contributed by atoms with Crippen molar-refractivity contribution in [2.45, 2.75) is 20.0 Å². The quantitative estimate of drug-likeness (QED) is 0.495. The lowest BCUT2D eigenvalue weighted by Gasteiger charge is -2.03. The average molecular weight is 332 g/mol. The first-order chi connectivity index (χ1) is 11.6. The van der Waals surface area contributed by atoms with Gasteiger partial charge in [0.1, 0.15) is 18.4 Å². The van der Waals surface area contributed by atoms with Crippen LogP contribution in [0, 0.1) is 5.95 Å². The van der Waals surface area contributed by atoms with Gasteiger partial charge in [0.25, 0.3) is 11.5 Å².